The molecule has 72 valence electrons. The summed E-state index contributed by atoms with van der Waals surface area (Å²) >= 11 is 0. The Morgan fingerprint density at radius 3 is 2.69 bits per heavy atom. The average Bonchev–Trinajstić information content (AvgIpc) is 2.11. The molecule has 0 aliphatic carbocycles. The van der Waals surface area contributed by atoms with Gasteiger partial charge in [-0.3, -0.25) is 0 Å². The molecular formula is C10H15NO2. The third kappa shape index (κ3) is 2.12. The number of benzene rings is 1. The van der Waals surface area contributed by atoms with Crippen LogP contribution in [0.4, 0.5) is 0 Å². The first kappa shape index (κ1) is 9.86. The quantitative estimate of drug-likeness (QED) is 0.741. The lowest BCUT2D eigenvalue weighted by Gasteiger charge is -2.09. The molecule has 0 aliphatic heterocycles. The number of aromatic hydroxyl groups is 1. The Labute approximate surface area is 78.3 Å². The zero-order chi connectivity index (χ0) is 9.84. The highest BCUT2D eigenvalue weighted by Crippen LogP contribution is 2.30. The summed E-state index contributed by atoms with van der Waals surface area (Å²) < 4.78 is 5.04. The SMILES string of the molecule is CNCc1cc(C)cc(OC)c1O. The van der Waals surface area contributed by atoms with Crippen molar-refractivity contribution < 1.29 is 9.84 Å². The number of hydrogen-bond donors (Lipinski definition) is 2. The van der Waals surface area contributed by atoms with Crippen LogP contribution in [-0.4, -0.2) is 19.3 Å². The Balaban J connectivity index is 3.11. The molecule has 1 aromatic carbocycles. The zero-order valence-electron chi connectivity index (χ0n) is 8.22. The van der Waals surface area contributed by atoms with Gasteiger partial charge >= 0.3 is 0 Å². The summed E-state index contributed by atoms with van der Waals surface area (Å²) in [6.45, 7) is 2.62. The summed E-state index contributed by atoms with van der Waals surface area (Å²) in [5, 5.41) is 12.7. The van der Waals surface area contributed by atoms with Gasteiger partial charge in [0.15, 0.2) is 11.5 Å². The van der Waals surface area contributed by atoms with Crippen LogP contribution >= 0.6 is 0 Å². The van der Waals surface area contributed by atoms with Crippen LogP contribution in [0.2, 0.25) is 0 Å². The normalized spacial score (nSPS) is 10.1. The average molecular weight is 181 g/mol. The molecule has 0 radical (unpaired) electrons. The Morgan fingerprint density at radius 2 is 2.15 bits per heavy atom. The van der Waals surface area contributed by atoms with Gasteiger partial charge in [0, 0.05) is 12.1 Å². The maximum atomic E-state index is 9.68. The van der Waals surface area contributed by atoms with Gasteiger partial charge in [0.05, 0.1) is 7.11 Å². The molecule has 0 aromatic heterocycles. The number of phenols is 1. The second kappa shape index (κ2) is 4.14. The van der Waals surface area contributed by atoms with Crippen LogP contribution in [0.1, 0.15) is 11.1 Å². The molecule has 0 bridgehead atoms. The summed E-state index contributed by atoms with van der Waals surface area (Å²) in [7, 11) is 3.39. The molecule has 3 heteroatoms. The summed E-state index contributed by atoms with van der Waals surface area (Å²) in [6.07, 6.45) is 0. The van der Waals surface area contributed by atoms with Crippen LogP contribution in [0, 0.1) is 6.92 Å². The van der Waals surface area contributed by atoms with Gasteiger partial charge in [-0.1, -0.05) is 6.07 Å². The fourth-order valence-electron chi connectivity index (χ4n) is 1.30. The Hall–Kier alpha value is -1.22. The van der Waals surface area contributed by atoms with Crippen LogP contribution < -0.4 is 10.1 Å². The molecule has 0 saturated carbocycles. The summed E-state index contributed by atoms with van der Waals surface area (Å²) in [6, 6.07) is 3.75. The van der Waals surface area contributed by atoms with E-state index in [-0.39, 0.29) is 5.75 Å². The first-order valence-corrected chi connectivity index (χ1v) is 4.20. The Bertz CT molecular complexity index is 297. The van der Waals surface area contributed by atoms with Crippen LogP contribution in [-0.2, 0) is 6.54 Å². The Kier molecular flexibility index (Phi) is 3.14. The number of methoxy groups -OCH3 is 1. The van der Waals surface area contributed by atoms with E-state index < -0.39 is 0 Å². The lowest BCUT2D eigenvalue weighted by Crippen LogP contribution is -2.05. The van der Waals surface area contributed by atoms with Crippen molar-refractivity contribution in [1.82, 2.24) is 5.32 Å². The van der Waals surface area contributed by atoms with Crippen molar-refractivity contribution in [3.8, 4) is 11.5 Å². The molecule has 0 saturated heterocycles. The van der Waals surface area contributed by atoms with Crippen molar-refractivity contribution >= 4 is 0 Å². The molecule has 1 aromatic rings. The second-order valence-electron chi connectivity index (χ2n) is 3.01. The van der Waals surface area contributed by atoms with E-state index in [1.54, 1.807) is 7.11 Å². The van der Waals surface area contributed by atoms with Crippen molar-refractivity contribution in [3.05, 3.63) is 23.3 Å². The zero-order valence-corrected chi connectivity index (χ0v) is 8.22. The maximum absolute atomic E-state index is 9.68. The van der Waals surface area contributed by atoms with Gasteiger partial charge in [0.1, 0.15) is 0 Å². The summed E-state index contributed by atoms with van der Waals surface area (Å²) in [5.41, 5.74) is 1.94. The predicted molar refractivity (Wildman–Crippen MR) is 52.2 cm³/mol. The minimum atomic E-state index is 0.224. The fourth-order valence-corrected chi connectivity index (χ4v) is 1.30. The first-order chi connectivity index (χ1) is 6.19. The fraction of sp³-hybridized carbons (Fsp3) is 0.400. The number of rotatable bonds is 3. The molecule has 0 aliphatic rings. The van der Waals surface area contributed by atoms with Crippen molar-refractivity contribution in [2.75, 3.05) is 14.2 Å². The molecule has 0 spiro atoms. The van der Waals surface area contributed by atoms with E-state index >= 15 is 0 Å². The van der Waals surface area contributed by atoms with Crippen molar-refractivity contribution in [2.24, 2.45) is 0 Å². The molecule has 2 N–H and O–H groups in total. The molecule has 13 heavy (non-hydrogen) atoms. The second-order valence-corrected chi connectivity index (χ2v) is 3.01. The van der Waals surface area contributed by atoms with E-state index in [1.165, 1.54) is 0 Å². The lowest BCUT2D eigenvalue weighted by atomic mass is 10.1. The lowest BCUT2D eigenvalue weighted by molar-refractivity contribution is 0.369. The number of aryl methyl sites for hydroxylation is 1. The topological polar surface area (TPSA) is 41.5 Å². The molecule has 3 nitrogen and oxygen atoms in total. The minimum Gasteiger partial charge on any atom is -0.504 e. The van der Waals surface area contributed by atoms with E-state index in [9.17, 15) is 5.11 Å². The van der Waals surface area contributed by atoms with Crippen LogP contribution in [0.15, 0.2) is 12.1 Å². The summed E-state index contributed by atoms with van der Waals surface area (Å²) in [4.78, 5) is 0. The standard InChI is InChI=1S/C10H15NO2/c1-7-4-8(6-11-2)10(12)9(5-7)13-3/h4-5,11-12H,6H2,1-3H3. The first-order valence-electron chi connectivity index (χ1n) is 4.20. The number of nitrogens with one attached hydrogen (secondary N) is 1. The predicted octanol–water partition coefficient (Wildman–Crippen LogP) is 1.43. The van der Waals surface area contributed by atoms with E-state index in [0.29, 0.717) is 12.3 Å². The van der Waals surface area contributed by atoms with Gasteiger partial charge in [-0.2, -0.15) is 0 Å². The molecule has 0 amide bonds. The molecule has 0 heterocycles. The minimum absolute atomic E-state index is 0.224. The Morgan fingerprint density at radius 1 is 1.46 bits per heavy atom. The highest BCUT2D eigenvalue weighted by Gasteiger charge is 2.07. The van der Waals surface area contributed by atoms with Gasteiger partial charge in [0.25, 0.3) is 0 Å². The van der Waals surface area contributed by atoms with Crippen molar-refractivity contribution in [1.29, 1.82) is 0 Å². The van der Waals surface area contributed by atoms with Gasteiger partial charge in [-0.05, 0) is 25.6 Å². The molecule has 0 unspecified atom stereocenters. The number of hydrogen-bond acceptors (Lipinski definition) is 3. The van der Waals surface area contributed by atoms with Crippen LogP contribution in [0.25, 0.3) is 0 Å². The number of ether oxygens (including phenoxy) is 1. The van der Waals surface area contributed by atoms with Gasteiger partial charge < -0.3 is 15.2 Å². The highest BCUT2D eigenvalue weighted by atomic mass is 16.5. The van der Waals surface area contributed by atoms with Gasteiger partial charge in [-0.25, -0.2) is 0 Å². The summed E-state index contributed by atoms with van der Waals surface area (Å²) in [5.74, 6) is 0.757. The van der Waals surface area contributed by atoms with E-state index in [1.807, 2.05) is 26.1 Å². The monoisotopic (exact) mass is 181 g/mol. The molecular weight excluding hydrogens is 166 g/mol. The smallest absolute Gasteiger partial charge is 0.162 e. The van der Waals surface area contributed by atoms with Crippen LogP contribution in [0.3, 0.4) is 0 Å². The van der Waals surface area contributed by atoms with E-state index in [2.05, 4.69) is 5.32 Å². The van der Waals surface area contributed by atoms with Crippen molar-refractivity contribution in [3.63, 3.8) is 0 Å². The van der Waals surface area contributed by atoms with Gasteiger partial charge in [-0.15, -0.1) is 0 Å². The van der Waals surface area contributed by atoms with Crippen molar-refractivity contribution in [2.45, 2.75) is 13.5 Å². The maximum Gasteiger partial charge on any atom is 0.162 e. The third-order valence-electron chi connectivity index (χ3n) is 1.89. The third-order valence-corrected chi connectivity index (χ3v) is 1.89. The highest BCUT2D eigenvalue weighted by molar-refractivity contribution is 5.48. The molecule has 0 atom stereocenters. The number of phenolic OH excluding ortho intramolecular Hbond substituents is 1. The largest absolute Gasteiger partial charge is 0.504 e. The molecule has 0 fully saturated rings. The van der Waals surface area contributed by atoms with E-state index in [4.69, 9.17) is 4.74 Å². The van der Waals surface area contributed by atoms with E-state index in [0.717, 1.165) is 11.1 Å². The van der Waals surface area contributed by atoms with Crippen LogP contribution in [0.5, 0.6) is 11.5 Å². The van der Waals surface area contributed by atoms with Gasteiger partial charge in [0.2, 0.25) is 0 Å². The molecule has 1 rings (SSSR count).